The van der Waals surface area contributed by atoms with Crippen LogP contribution in [0, 0.1) is 0 Å². The number of likely N-dealkylation sites (tertiary alicyclic amines) is 1. The van der Waals surface area contributed by atoms with Gasteiger partial charge in [0.05, 0.1) is 4.90 Å². The van der Waals surface area contributed by atoms with Gasteiger partial charge in [0.1, 0.15) is 0 Å². The highest BCUT2D eigenvalue weighted by Crippen LogP contribution is 2.11. The van der Waals surface area contributed by atoms with Gasteiger partial charge in [-0.15, -0.1) is 0 Å². The Morgan fingerprint density at radius 2 is 1.81 bits per heavy atom. The van der Waals surface area contributed by atoms with E-state index in [1.54, 1.807) is 17.0 Å². The number of amides is 1. The average Bonchev–Trinajstić information content (AvgIpc) is 3.01. The SMILES string of the molecule is NCc1ccc(S(=O)(=O)NCCC(=O)N2CCCC2)cc1. The summed E-state index contributed by atoms with van der Waals surface area (Å²) in [6.45, 7) is 2.06. The summed E-state index contributed by atoms with van der Waals surface area (Å²) in [7, 11) is -3.57. The van der Waals surface area contributed by atoms with E-state index >= 15 is 0 Å². The fraction of sp³-hybridized carbons (Fsp3) is 0.500. The number of carbonyl (C=O) groups excluding carboxylic acids is 1. The van der Waals surface area contributed by atoms with E-state index in [4.69, 9.17) is 5.73 Å². The van der Waals surface area contributed by atoms with Gasteiger partial charge in [0.25, 0.3) is 0 Å². The fourth-order valence-corrected chi connectivity index (χ4v) is 3.34. The van der Waals surface area contributed by atoms with Gasteiger partial charge in [-0.2, -0.15) is 0 Å². The summed E-state index contributed by atoms with van der Waals surface area (Å²) in [5.74, 6) is 0.00804. The lowest BCUT2D eigenvalue weighted by Gasteiger charge is -2.15. The minimum atomic E-state index is -3.57. The molecule has 0 spiro atoms. The van der Waals surface area contributed by atoms with Crippen molar-refractivity contribution in [3.8, 4) is 0 Å². The first-order chi connectivity index (χ1) is 10.0. The van der Waals surface area contributed by atoms with E-state index in [-0.39, 0.29) is 23.8 Å². The van der Waals surface area contributed by atoms with Crippen molar-refractivity contribution in [2.24, 2.45) is 5.73 Å². The highest BCUT2D eigenvalue weighted by molar-refractivity contribution is 7.89. The van der Waals surface area contributed by atoms with Gasteiger partial charge in [0.15, 0.2) is 0 Å². The Bertz CT molecular complexity index is 578. The molecule has 1 aromatic carbocycles. The topological polar surface area (TPSA) is 92.5 Å². The number of nitrogens with zero attached hydrogens (tertiary/aromatic N) is 1. The van der Waals surface area contributed by atoms with E-state index in [2.05, 4.69) is 4.72 Å². The second-order valence-corrected chi connectivity index (χ2v) is 6.85. The first-order valence-electron chi connectivity index (χ1n) is 7.09. The molecular formula is C14H21N3O3S. The maximum absolute atomic E-state index is 12.1. The zero-order valence-electron chi connectivity index (χ0n) is 11.9. The Kier molecular flexibility index (Phi) is 5.33. The maximum Gasteiger partial charge on any atom is 0.240 e. The second-order valence-electron chi connectivity index (χ2n) is 5.08. The van der Waals surface area contributed by atoms with Crippen LogP contribution in [0.2, 0.25) is 0 Å². The zero-order chi connectivity index (χ0) is 15.3. The minimum absolute atomic E-state index is 0.00804. The van der Waals surface area contributed by atoms with Crippen LogP contribution in [-0.4, -0.2) is 38.9 Å². The molecule has 0 bridgehead atoms. The van der Waals surface area contributed by atoms with Crippen molar-refractivity contribution in [2.75, 3.05) is 19.6 Å². The third-order valence-corrected chi connectivity index (χ3v) is 5.04. The van der Waals surface area contributed by atoms with Crippen LogP contribution < -0.4 is 10.5 Å². The maximum atomic E-state index is 12.1. The third-order valence-electron chi connectivity index (χ3n) is 3.56. The molecule has 1 fully saturated rings. The molecule has 1 heterocycles. The highest BCUT2D eigenvalue weighted by atomic mass is 32.2. The van der Waals surface area contributed by atoms with Gasteiger partial charge < -0.3 is 10.6 Å². The Hall–Kier alpha value is -1.44. The molecule has 6 nitrogen and oxygen atoms in total. The standard InChI is InChI=1S/C14H21N3O3S/c15-11-12-3-5-13(6-4-12)21(19,20)16-8-7-14(18)17-9-1-2-10-17/h3-6,16H,1-2,7-11,15H2. The van der Waals surface area contributed by atoms with Crippen molar-refractivity contribution in [1.29, 1.82) is 0 Å². The third kappa shape index (κ3) is 4.26. The van der Waals surface area contributed by atoms with Crippen molar-refractivity contribution >= 4 is 15.9 Å². The molecule has 7 heteroatoms. The van der Waals surface area contributed by atoms with Crippen LogP contribution in [-0.2, 0) is 21.4 Å². The molecule has 0 aliphatic carbocycles. The number of sulfonamides is 1. The molecule has 1 aliphatic heterocycles. The smallest absolute Gasteiger partial charge is 0.240 e. The number of hydrogen-bond donors (Lipinski definition) is 2. The lowest BCUT2D eigenvalue weighted by molar-refractivity contribution is -0.129. The Morgan fingerprint density at radius 3 is 2.38 bits per heavy atom. The molecule has 0 aromatic heterocycles. The van der Waals surface area contributed by atoms with Gasteiger partial charge in [-0.05, 0) is 30.5 Å². The molecule has 0 saturated carbocycles. The van der Waals surface area contributed by atoms with Gasteiger partial charge in [-0.1, -0.05) is 12.1 Å². The van der Waals surface area contributed by atoms with Crippen molar-refractivity contribution in [3.05, 3.63) is 29.8 Å². The van der Waals surface area contributed by atoms with E-state index in [1.165, 1.54) is 12.1 Å². The van der Waals surface area contributed by atoms with Crippen LogP contribution in [0.4, 0.5) is 0 Å². The number of nitrogens with one attached hydrogen (secondary N) is 1. The van der Waals surface area contributed by atoms with Crippen LogP contribution >= 0.6 is 0 Å². The van der Waals surface area contributed by atoms with Gasteiger partial charge in [0.2, 0.25) is 15.9 Å². The second kappa shape index (κ2) is 7.02. The first-order valence-corrected chi connectivity index (χ1v) is 8.58. The lowest BCUT2D eigenvalue weighted by atomic mass is 10.2. The van der Waals surface area contributed by atoms with Crippen LogP contribution in [0.1, 0.15) is 24.8 Å². The van der Waals surface area contributed by atoms with Crippen LogP contribution in [0.25, 0.3) is 0 Å². The summed E-state index contributed by atoms with van der Waals surface area (Å²) in [5, 5.41) is 0. The quantitative estimate of drug-likeness (QED) is 0.797. The molecule has 21 heavy (non-hydrogen) atoms. The van der Waals surface area contributed by atoms with E-state index in [0.29, 0.717) is 6.54 Å². The predicted octanol–water partition coefficient (Wildman–Crippen LogP) is 0.436. The van der Waals surface area contributed by atoms with Crippen molar-refractivity contribution in [2.45, 2.75) is 30.7 Å². The first kappa shape index (κ1) is 15.9. The summed E-state index contributed by atoms with van der Waals surface area (Å²) < 4.78 is 26.6. The Labute approximate surface area is 125 Å². The van der Waals surface area contributed by atoms with Crippen LogP contribution in [0.3, 0.4) is 0 Å². The number of carbonyl (C=O) groups is 1. The molecule has 0 atom stereocenters. The van der Waals surface area contributed by atoms with Gasteiger partial charge in [-0.25, -0.2) is 13.1 Å². The van der Waals surface area contributed by atoms with Crippen LogP contribution in [0.15, 0.2) is 29.2 Å². The number of nitrogens with two attached hydrogens (primary N) is 1. The van der Waals surface area contributed by atoms with E-state index < -0.39 is 10.0 Å². The molecule has 1 amide bonds. The van der Waals surface area contributed by atoms with Crippen LogP contribution in [0.5, 0.6) is 0 Å². The van der Waals surface area contributed by atoms with Crippen molar-refractivity contribution in [1.82, 2.24) is 9.62 Å². The summed E-state index contributed by atoms with van der Waals surface area (Å²) in [5.41, 5.74) is 6.35. The highest BCUT2D eigenvalue weighted by Gasteiger charge is 2.19. The molecule has 1 aromatic rings. The molecule has 1 aliphatic rings. The van der Waals surface area contributed by atoms with E-state index in [0.717, 1.165) is 31.5 Å². The van der Waals surface area contributed by atoms with E-state index in [9.17, 15) is 13.2 Å². The van der Waals surface area contributed by atoms with Crippen molar-refractivity contribution in [3.63, 3.8) is 0 Å². The molecule has 0 radical (unpaired) electrons. The Balaban J connectivity index is 1.87. The average molecular weight is 311 g/mol. The molecule has 3 N–H and O–H groups in total. The lowest BCUT2D eigenvalue weighted by Crippen LogP contribution is -2.32. The molecule has 116 valence electrons. The molecule has 0 unspecified atom stereocenters. The zero-order valence-corrected chi connectivity index (χ0v) is 12.7. The van der Waals surface area contributed by atoms with E-state index in [1.807, 2.05) is 0 Å². The Morgan fingerprint density at radius 1 is 1.19 bits per heavy atom. The molecule has 1 saturated heterocycles. The van der Waals surface area contributed by atoms with Crippen molar-refractivity contribution < 1.29 is 13.2 Å². The van der Waals surface area contributed by atoms with Gasteiger partial charge in [0, 0.05) is 32.6 Å². The van der Waals surface area contributed by atoms with Gasteiger partial charge >= 0.3 is 0 Å². The summed E-state index contributed by atoms with van der Waals surface area (Å²) >= 11 is 0. The molecular weight excluding hydrogens is 290 g/mol. The monoisotopic (exact) mass is 311 g/mol. The number of hydrogen-bond acceptors (Lipinski definition) is 4. The predicted molar refractivity (Wildman–Crippen MR) is 80.0 cm³/mol. The molecule has 2 rings (SSSR count). The largest absolute Gasteiger partial charge is 0.343 e. The number of benzene rings is 1. The summed E-state index contributed by atoms with van der Waals surface area (Å²) in [6, 6.07) is 6.41. The number of rotatable bonds is 6. The summed E-state index contributed by atoms with van der Waals surface area (Å²) in [6.07, 6.45) is 2.26. The normalized spacial score (nSPS) is 15.4. The summed E-state index contributed by atoms with van der Waals surface area (Å²) in [4.78, 5) is 13.8. The fourth-order valence-electron chi connectivity index (χ4n) is 2.30. The minimum Gasteiger partial charge on any atom is -0.343 e. The van der Waals surface area contributed by atoms with Gasteiger partial charge in [-0.3, -0.25) is 4.79 Å².